The first-order chi connectivity index (χ1) is 16.1. The summed E-state index contributed by atoms with van der Waals surface area (Å²) in [5, 5.41) is 11.4. The number of carbonyl (C=O) groups excluding carboxylic acids is 2. The number of carbonyl (C=O) groups is 2. The van der Waals surface area contributed by atoms with Gasteiger partial charge in [0.15, 0.2) is 0 Å². The van der Waals surface area contributed by atoms with E-state index in [0.717, 1.165) is 28.1 Å². The molecule has 2 N–H and O–H groups in total. The summed E-state index contributed by atoms with van der Waals surface area (Å²) < 4.78 is 1.77. The first-order valence-electron chi connectivity index (χ1n) is 10.5. The Labute approximate surface area is 191 Å². The van der Waals surface area contributed by atoms with Crippen molar-refractivity contribution < 1.29 is 9.59 Å². The zero-order chi connectivity index (χ0) is 23.0. The van der Waals surface area contributed by atoms with Crippen molar-refractivity contribution in [2.24, 2.45) is 5.10 Å². The molecule has 1 heterocycles. The van der Waals surface area contributed by atoms with E-state index in [0.29, 0.717) is 5.56 Å². The third kappa shape index (κ3) is 5.59. The molecule has 164 valence electrons. The maximum absolute atomic E-state index is 12.2. The predicted octanol–water partition coefficient (Wildman–Crippen LogP) is 3.73. The van der Waals surface area contributed by atoms with Crippen LogP contribution in [0.1, 0.15) is 21.5 Å². The van der Waals surface area contributed by atoms with Gasteiger partial charge in [0.1, 0.15) is 5.69 Å². The lowest BCUT2D eigenvalue weighted by molar-refractivity contribution is -0.120. The molecule has 4 aromatic rings. The van der Waals surface area contributed by atoms with E-state index in [1.165, 1.54) is 0 Å². The Balaban J connectivity index is 1.44. The van der Waals surface area contributed by atoms with Crippen LogP contribution in [0.25, 0.3) is 16.9 Å². The van der Waals surface area contributed by atoms with E-state index in [4.69, 9.17) is 5.10 Å². The summed E-state index contributed by atoms with van der Waals surface area (Å²) in [7, 11) is 0. The molecular formula is C26H23N5O2. The van der Waals surface area contributed by atoms with Gasteiger partial charge in [-0.15, -0.1) is 0 Å². The monoisotopic (exact) mass is 437 g/mol. The van der Waals surface area contributed by atoms with Gasteiger partial charge in [-0.1, -0.05) is 66.2 Å². The number of amides is 2. The normalized spacial score (nSPS) is 10.8. The van der Waals surface area contributed by atoms with Gasteiger partial charge in [-0.3, -0.25) is 9.59 Å². The number of rotatable bonds is 7. The molecular weight excluding hydrogens is 414 g/mol. The molecule has 0 unspecified atom stereocenters. The van der Waals surface area contributed by atoms with Gasteiger partial charge in [0.05, 0.1) is 18.4 Å². The van der Waals surface area contributed by atoms with E-state index < -0.39 is 5.91 Å². The average molecular weight is 438 g/mol. The third-order valence-corrected chi connectivity index (χ3v) is 4.89. The Hall–Kier alpha value is -4.52. The summed E-state index contributed by atoms with van der Waals surface area (Å²) in [6.45, 7) is 1.72. The number of hydrogen-bond donors (Lipinski definition) is 2. The average Bonchev–Trinajstić information content (AvgIpc) is 3.28. The highest BCUT2D eigenvalue weighted by Gasteiger charge is 2.11. The van der Waals surface area contributed by atoms with Gasteiger partial charge in [0.2, 0.25) is 0 Å². The van der Waals surface area contributed by atoms with E-state index >= 15 is 0 Å². The van der Waals surface area contributed by atoms with Crippen molar-refractivity contribution >= 4 is 18.0 Å². The molecule has 0 aliphatic carbocycles. The Morgan fingerprint density at radius 3 is 2.42 bits per heavy atom. The second-order valence-electron chi connectivity index (χ2n) is 7.42. The summed E-state index contributed by atoms with van der Waals surface area (Å²) in [6, 6.07) is 26.7. The number of hydrogen-bond acceptors (Lipinski definition) is 4. The predicted molar refractivity (Wildman–Crippen MR) is 128 cm³/mol. The van der Waals surface area contributed by atoms with Crippen LogP contribution in [-0.4, -0.2) is 34.4 Å². The first kappa shape index (κ1) is 21.7. The molecule has 33 heavy (non-hydrogen) atoms. The molecule has 0 saturated carbocycles. The number of aromatic nitrogens is 2. The second kappa shape index (κ2) is 10.2. The minimum absolute atomic E-state index is 0.182. The van der Waals surface area contributed by atoms with Gasteiger partial charge in [-0.2, -0.15) is 10.2 Å². The fraction of sp³-hybridized carbons (Fsp3) is 0.0769. The van der Waals surface area contributed by atoms with Crippen molar-refractivity contribution in [3.63, 3.8) is 0 Å². The lowest BCUT2D eigenvalue weighted by Gasteiger charge is -2.05. The molecule has 2 amide bonds. The van der Waals surface area contributed by atoms with Gasteiger partial charge in [0, 0.05) is 22.9 Å². The third-order valence-electron chi connectivity index (χ3n) is 4.89. The van der Waals surface area contributed by atoms with E-state index in [-0.39, 0.29) is 12.5 Å². The lowest BCUT2D eigenvalue weighted by atomic mass is 10.1. The van der Waals surface area contributed by atoms with Crippen molar-refractivity contribution in [2.45, 2.75) is 6.92 Å². The highest BCUT2D eigenvalue weighted by molar-refractivity contribution is 5.96. The van der Waals surface area contributed by atoms with Gasteiger partial charge in [-0.05, 0) is 31.2 Å². The smallest absolute Gasteiger partial charge is 0.259 e. The Morgan fingerprint density at radius 1 is 0.970 bits per heavy atom. The van der Waals surface area contributed by atoms with Crippen LogP contribution in [-0.2, 0) is 4.79 Å². The van der Waals surface area contributed by atoms with Crippen LogP contribution < -0.4 is 10.7 Å². The minimum Gasteiger partial charge on any atom is -0.343 e. The number of para-hydroxylation sites is 1. The van der Waals surface area contributed by atoms with E-state index in [9.17, 15) is 9.59 Å². The molecule has 7 nitrogen and oxygen atoms in total. The van der Waals surface area contributed by atoms with Crippen LogP contribution in [0.15, 0.2) is 96.2 Å². The standard InChI is InChI=1S/C26H23N5O2/c1-19-9-8-12-21(15-19)26(33)27-17-24(32)29-28-16-22-18-31(23-13-6-3-7-14-23)30-25(22)20-10-4-2-5-11-20/h2-16,18H,17H2,1H3,(H,27,33)(H,29,32). The number of aryl methyl sites for hydroxylation is 1. The fourth-order valence-electron chi connectivity index (χ4n) is 3.28. The van der Waals surface area contributed by atoms with Crippen molar-refractivity contribution in [1.82, 2.24) is 20.5 Å². The van der Waals surface area contributed by atoms with Gasteiger partial charge < -0.3 is 5.32 Å². The summed E-state index contributed by atoms with van der Waals surface area (Å²) in [4.78, 5) is 24.4. The molecule has 0 spiro atoms. The molecule has 0 fully saturated rings. The molecule has 3 aromatic carbocycles. The Kier molecular flexibility index (Phi) is 6.70. The summed E-state index contributed by atoms with van der Waals surface area (Å²) in [5.41, 5.74) is 7.27. The number of nitrogens with zero attached hydrogens (tertiary/aromatic N) is 3. The highest BCUT2D eigenvalue weighted by atomic mass is 16.2. The molecule has 0 radical (unpaired) electrons. The fourth-order valence-corrected chi connectivity index (χ4v) is 3.28. The van der Waals surface area contributed by atoms with Gasteiger partial charge >= 0.3 is 0 Å². The van der Waals surface area contributed by atoms with Crippen molar-refractivity contribution in [2.75, 3.05) is 6.54 Å². The topological polar surface area (TPSA) is 88.4 Å². The van der Waals surface area contributed by atoms with Crippen LogP contribution in [0.2, 0.25) is 0 Å². The quantitative estimate of drug-likeness (QED) is 0.341. The molecule has 1 aromatic heterocycles. The summed E-state index contributed by atoms with van der Waals surface area (Å²) in [6.07, 6.45) is 3.40. The SMILES string of the molecule is Cc1cccc(C(=O)NCC(=O)NN=Cc2cn(-c3ccccc3)nc2-c2ccccc2)c1. The first-order valence-corrected chi connectivity index (χ1v) is 10.5. The van der Waals surface area contributed by atoms with Gasteiger partial charge in [0.25, 0.3) is 11.8 Å². The van der Waals surface area contributed by atoms with Crippen LogP contribution in [0.5, 0.6) is 0 Å². The molecule has 4 rings (SSSR count). The van der Waals surface area contributed by atoms with Crippen molar-refractivity contribution in [1.29, 1.82) is 0 Å². The van der Waals surface area contributed by atoms with Crippen LogP contribution in [0.4, 0.5) is 0 Å². The van der Waals surface area contributed by atoms with E-state index in [1.54, 1.807) is 29.1 Å². The zero-order valence-electron chi connectivity index (χ0n) is 18.1. The van der Waals surface area contributed by atoms with Crippen molar-refractivity contribution in [3.8, 4) is 16.9 Å². The van der Waals surface area contributed by atoms with Crippen LogP contribution in [0, 0.1) is 6.92 Å². The lowest BCUT2D eigenvalue weighted by Crippen LogP contribution is -2.34. The second-order valence-corrected chi connectivity index (χ2v) is 7.42. The molecule has 0 aliphatic heterocycles. The molecule has 0 bridgehead atoms. The molecule has 7 heteroatoms. The zero-order valence-corrected chi connectivity index (χ0v) is 18.1. The summed E-state index contributed by atoms with van der Waals surface area (Å²) in [5.74, 6) is -0.739. The molecule has 0 atom stereocenters. The maximum atomic E-state index is 12.2. The van der Waals surface area contributed by atoms with Crippen LogP contribution >= 0.6 is 0 Å². The Bertz CT molecular complexity index is 1280. The van der Waals surface area contributed by atoms with Crippen LogP contribution in [0.3, 0.4) is 0 Å². The van der Waals surface area contributed by atoms with E-state index in [2.05, 4.69) is 15.8 Å². The number of hydrazone groups is 1. The Morgan fingerprint density at radius 2 is 1.70 bits per heavy atom. The highest BCUT2D eigenvalue weighted by Crippen LogP contribution is 2.22. The molecule has 0 saturated heterocycles. The van der Waals surface area contributed by atoms with Gasteiger partial charge in [-0.25, -0.2) is 10.1 Å². The van der Waals surface area contributed by atoms with Crippen molar-refractivity contribution in [3.05, 3.63) is 108 Å². The maximum Gasteiger partial charge on any atom is 0.259 e. The van der Waals surface area contributed by atoms with E-state index in [1.807, 2.05) is 79.9 Å². The minimum atomic E-state index is -0.427. The largest absolute Gasteiger partial charge is 0.343 e. The number of benzene rings is 3. The summed E-state index contributed by atoms with van der Waals surface area (Å²) >= 11 is 0. The number of nitrogens with one attached hydrogen (secondary N) is 2. The molecule has 0 aliphatic rings.